The van der Waals surface area contributed by atoms with E-state index in [4.69, 9.17) is 4.74 Å². The van der Waals surface area contributed by atoms with E-state index in [-0.39, 0.29) is 37.7 Å². The van der Waals surface area contributed by atoms with Crippen LogP contribution in [0, 0.1) is 0 Å². The number of ether oxygens (including phenoxy) is 1. The number of rotatable bonds is 2. The SMILES string of the molecule is CC(C)OC(C)C.[CaH2]. The predicted molar refractivity (Wildman–Crippen MR) is 39.9 cm³/mol. The molecule has 0 aromatic heterocycles. The first-order valence-corrected chi connectivity index (χ1v) is 2.78. The van der Waals surface area contributed by atoms with E-state index in [9.17, 15) is 0 Å². The molecule has 0 saturated carbocycles. The van der Waals surface area contributed by atoms with Crippen molar-refractivity contribution in [3.63, 3.8) is 0 Å². The molecule has 1 nitrogen and oxygen atoms in total. The Balaban J connectivity index is 0. The molecule has 48 valence electrons. The van der Waals surface area contributed by atoms with Crippen molar-refractivity contribution in [2.24, 2.45) is 0 Å². The maximum absolute atomic E-state index is 5.25. The van der Waals surface area contributed by atoms with Crippen LogP contribution in [0.2, 0.25) is 0 Å². The summed E-state index contributed by atoms with van der Waals surface area (Å²) in [5.41, 5.74) is 0. The molecule has 0 aromatic rings. The molecule has 8 heavy (non-hydrogen) atoms. The van der Waals surface area contributed by atoms with E-state index in [2.05, 4.69) is 0 Å². The summed E-state index contributed by atoms with van der Waals surface area (Å²) in [4.78, 5) is 0. The molecule has 0 aliphatic heterocycles. The zero-order valence-electron chi connectivity index (χ0n) is 5.56. The van der Waals surface area contributed by atoms with Gasteiger partial charge in [0.25, 0.3) is 0 Å². The Morgan fingerprint density at radius 3 is 1.12 bits per heavy atom. The predicted octanol–water partition coefficient (Wildman–Crippen LogP) is 0.904. The molecule has 0 aliphatic carbocycles. The van der Waals surface area contributed by atoms with Gasteiger partial charge in [0.05, 0.1) is 12.2 Å². The summed E-state index contributed by atoms with van der Waals surface area (Å²) >= 11 is 0. The van der Waals surface area contributed by atoms with Crippen LogP contribution in [-0.4, -0.2) is 49.9 Å². The molecule has 0 fully saturated rings. The van der Waals surface area contributed by atoms with E-state index >= 15 is 0 Å². The van der Waals surface area contributed by atoms with Crippen molar-refractivity contribution in [2.45, 2.75) is 39.9 Å². The van der Waals surface area contributed by atoms with Gasteiger partial charge in [-0.3, -0.25) is 0 Å². The van der Waals surface area contributed by atoms with Gasteiger partial charge >= 0.3 is 37.7 Å². The van der Waals surface area contributed by atoms with Gasteiger partial charge in [-0.2, -0.15) is 0 Å². The van der Waals surface area contributed by atoms with Gasteiger partial charge < -0.3 is 4.74 Å². The van der Waals surface area contributed by atoms with Crippen LogP contribution < -0.4 is 0 Å². The Labute approximate surface area is 81.8 Å². The molecular weight excluding hydrogens is 128 g/mol. The monoisotopic (exact) mass is 144 g/mol. The molecule has 0 saturated heterocycles. The summed E-state index contributed by atoms with van der Waals surface area (Å²) in [5, 5.41) is 0. The van der Waals surface area contributed by atoms with Crippen LogP contribution in [0.25, 0.3) is 0 Å². The Morgan fingerprint density at radius 1 is 0.875 bits per heavy atom. The summed E-state index contributed by atoms with van der Waals surface area (Å²) in [7, 11) is 0. The molecule has 0 rings (SSSR count). The van der Waals surface area contributed by atoms with Crippen LogP contribution in [0.3, 0.4) is 0 Å². The minimum absolute atomic E-state index is 0. The Morgan fingerprint density at radius 2 is 1.12 bits per heavy atom. The topological polar surface area (TPSA) is 9.23 Å². The molecule has 0 atom stereocenters. The number of hydrogen-bond donors (Lipinski definition) is 0. The average Bonchev–Trinajstić information content (AvgIpc) is 1.27. The van der Waals surface area contributed by atoms with Gasteiger partial charge in [-0.25, -0.2) is 0 Å². The molecule has 0 N–H and O–H groups in total. The third kappa shape index (κ3) is 10.3. The second-order valence-electron chi connectivity index (χ2n) is 2.23. The molecule has 0 aromatic carbocycles. The van der Waals surface area contributed by atoms with E-state index in [0.717, 1.165) is 0 Å². The van der Waals surface area contributed by atoms with Crippen molar-refractivity contribution < 1.29 is 4.74 Å². The summed E-state index contributed by atoms with van der Waals surface area (Å²) in [6.45, 7) is 8.17. The zero-order chi connectivity index (χ0) is 5.86. The molecule has 0 amide bonds. The quantitative estimate of drug-likeness (QED) is 0.523. The summed E-state index contributed by atoms with van der Waals surface area (Å²) in [5.74, 6) is 0. The van der Waals surface area contributed by atoms with Gasteiger partial charge in [-0.15, -0.1) is 0 Å². The maximum atomic E-state index is 5.25. The van der Waals surface area contributed by atoms with Gasteiger partial charge in [-0.05, 0) is 27.7 Å². The van der Waals surface area contributed by atoms with Gasteiger partial charge in [0.1, 0.15) is 0 Å². The summed E-state index contributed by atoms with van der Waals surface area (Å²) in [6, 6.07) is 0. The first kappa shape index (κ1) is 12.0. The van der Waals surface area contributed by atoms with Gasteiger partial charge in [0.15, 0.2) is 0 Å². The molecule has 0 unspecified atom stereocenters. The van der Waals surface area contributed by atoms with Crippen LogP contribution in [0.15, 0.2) is 0 Å². The number of hydrogen-bond acceptors (Lipinski definition) is 1. The summed E-state index contributed by atoms with van der Waals surface area (Å²) < 4.78 is 5.25. The second kappa shape index (κ2) is 6.34. The molecule has 0 spiro atoms. The second-order valence-corrected chi connectivity index (χ2v) is 2.23. The third-order valence-corrected chi connectivity index (χ3v) is 0.544. The van der Waals surface area contributed by atoms with Gasteiger partial charge in [0.2, 0.25) is 0 Å². The van der Waals surface area contributed by atoms with Crippen molar-refractivity contribution >= 4 is 37.7 Å². The molecule has 0 radical (unpaired) electrons. The minimum atomic E-state index is 0. The van der Waals surface area contributed by atoms with E-state index in [1.165, 1.54) is 0 Å². The van der Waals surface area contributed by atoms with Gasteiger partial charge in [0, 0.05) is 0 Å². The molecule has 0 aliphatic rings. The average molecular weight is 144 g/mol. The van der Waals surface area contributed by atoms with E-state index in [0.29, 0.717) is 12.2 Å². The normalized spacial score (nSPS) is 9.75. The van der Waals surface area contributed by atoms with Crippen molar-refractivity contribution in [3.05, 3.63) is 0 Å². The molecule has 0 bridgehead atoms. The van der Waals surface area contributed by atoms with E-state index in [1.54, 1.807) is 0 Å². The van der Waals surface area contributed by atoms with Gasteiger partial charge in [-0.1, -0.05) is 0 Å². The Bertz CT molecular complexity index is 37.8. The van der Waals surface area contributed by atoms with Crippen LogP contribution in [0.4, 0.5) is 0 Å². The first-order chi connectivity index (χ1) is 3.13. The fourth-order valence-corrected chi connectivity index (χ4v) is 0.544. The van der Waals surface area contributed by atoms with Crippen molar-refractivity contribution in [3.8, 4) is 0 Å². The molecule has 0 heterocycles. The van der Waals surface area contributed by atoms with E-state index in [1.807, 2.05) is 27.7 Å². The molecule has 2 heteroatoms. The fourth-order valence-electron chi connectivity index (χ4n) is 0.544. The third-order valence-electron chi connectivity index (χ3n) is 0.544. The van der Waals surface area contributed by atoms with E-state index < -0.39 is 0 Å². The fraction of sp³-hybridized carbons (Fsp3) is 1.00. The Hall–Kier alpha value is 1.22. The molecular formula is C6H16CaO. The zero-order valence-corrected chi connectivity index (χ0v) is 5.56. The van der Waals surface area contributed by atoms with Crippen LogP contribution >= 0.6 is 0 Å². The van der Waals surface area contributed by atoms with Crippen LogP contribution in [0.5, 0.6) is 0 Å². The first-order valence-electron chi connectivity index (χ1n) is 2.78. The van der Waals surface area contributed by atoms with Crippen molar-refractivity contribution in [1.29, 1.82) is 0 Å². The van der Waals surface area contributed by atoms with Crippen LogP contribution in [-0.2, 0) is 4.74 Å². The van der Waals surface area contributed by atoms with Crippen molar-refractivity contribution in [1.82, 2.24) is 0 Å². The Kier molecular flexibility index (Phi) is 9.47. The standard InChI is InChI=1S/C6H14O.Ca.2H/c1-5(2)7-6(3)4;;;/h5-6H,1-4H3;;;. The summed E-state index contributed by atoms with van der Waals surface area (Å²) in [6.07, 6.45) is 0.750. The van der Waals surface area contributed by atoms with Crippen LogP contribution in [0.1, 0.15) is 27.7 Å². The van der Waals surface area contributed by atoms with Crippen molar-refractivity contribution in [2.75, 3.05) is 0 Å².